The maximum absolute atomic E-state index is 14.3. The molecule has 1 aromatic heterocycles. The molecule has 2 amide bonds. The third-order valence-corrected chi connectivity index (χ3v) is 6.27. The molecule has 0 aliphatic carbocycles. The van der Waals surface area contributed by atoms with Crippen molar-refractivity contribution in [1.29, 1.82) is 0 Å². The van der Waals surface area contributed by atoms with Gasteiger partial charge in [0.2, 0.25) is 5.91 Å². The van der Waals surface area contributed by atoms with Crippen molar-refractivity contribution in [1.82, 2.24) is 9.80 Å². The van der Waals surface area contributed by atoms with Crippen LogP contribution in [0, 0.1) is 18.6 Å². The second kappa shape index (κ2) is 11.7. The van der Waals surface area contributed by atoms with Gasteiger partial charge in [0, 0.05) is 22.8 Å². The van der Waals surface area contributed by atoms with E-state index in [1.807, 2.05) is 26.0 Å². The van der Waals surface area contributed by atoms with Crippen molar-refractivity contribution in [2.24, 2.45) is 0 Å². The molecule has 0 radical (unpaired) electrons. The molecule has 174 valence electrons. The molecule has 0 spiro atoms. The van der Waals surface area contributed by atoms with E-state index in [1.54, 1.807) is 34.4 Å². The van der Waals surface area contributed by atoms with Gasteiger partial charge in [-0.25, -0.2) is 8.78 Å². The maximum Gasteiger partial charge on any atom is 0.257 e. The summed E-state index contributed by atoms with van der Waals surface area (Å²) in [4.78, 5) is 31.7. The molecule has 2 aromatic carbocycles. The van der Waals surface area contributed by atoms with Gasteiger partial charge in [-0.05, 0) is 55.3 Å². The van der Waals surface area contributed by atoms with Crippen LogP contribution in [0.2, 0.25) is 0 Å². The summed E-state index contributed by atoms with van der Waals surface area (Å²) in [5.41, 5.74) is 0.749. The van der Waals surface area contributed by atoms with Crippen LogP contribution in [0.4, 0.5) is 8.78 Å². The Hall–Kier alpha value is -3.06. The van der Waals surface area contributed by atoms with Crippen molar-refractivity contribution in [3.63, 3.8) is 0 Å². The summed E-state index contributed by atoms with van der Waals surface area (Å²) in [6, 6.07) is 15.8. The number of amides is 2. The molecule has 33 heavy (non-hydrogen) atoms. The zero-order chi connectivity index (χ0) is 23.8. The Balaban J connectivity index is 1.82. The Bertz CT molecular complexity index is 1080. The van der Waals surface area contributed by atoms with Gasteiger partial charge in [0.1, 0.15) is 18.2 Å². The molecule has 0 N–H and O–H groups in total. The number of thiophene rings is 1. The fourth-order valence-electron chi connectivity index (χ4n) is 3.47. The molecule has 0 unspecified atom stereocenters. The number of unbranched alkanes of at least 4 members (excludes halogenated alkanes) is 1. The number of halogens is 2. The predicted octanol–water partition coefficient (Wildman–Crippen LogP) is 5.81. The van der Waals surface area contributed by atoms with Gasteiger partial charge in [-0.15, -0.1) is 11.3 Å². The van der Waals surface area contributed by atoms with Crippen LogP contribution in [0.25, 0.3) is 0 Å². The Kier molecular flexibility index (Phi) is 8.72. The highest BCUT2D eigenvalue weighted by atomic mass is 32.1. The van der Waals surface area contributed by atoms with E-state index in [4.69, 9.17) is 0 Å². The van der Waals surface area contributed by atoms with Gasteiger partial charge in [-0.2, -0.15) is 0 Å². The van der Waals surface area contributed by atoms with Crippen LogP contribution in [0.1, 0.15) is 45.4 Å². The van der Waals surface area contributed by atoms with Gasteiger partial charge in [-0.1, -0.05) is 37.6 Å². The number of hydrogen-bond acceptors (Lipinski definition) is 3. The summed E-state index contributed by atoms with van der Waals surface area (Å²) in [7, 11) is 0. The molecule has 0 atom stereocenters. The highest BCUT2D eigenvalue weighted by Crippen LogP contribution is 2.20. The van der Waals surface area contributed by atoms with Crippen molar-refractivity contribution >= 4 is 23.2 Å². The summed E-state index contributed by atoms with van der Waals surface area (Å²) < 4.78 is 27.6. The lowest BCUT2D eigenvalue weighted by atomic mass is 10.1. The highest BCUT2D eigenvalue weighted by Gasteiger charge is 2.24. The summed E-state index contributed by atoms with van der Waals surface area (Å²) >= 11 is 1.60. The van der Waals surface area contributed by atoms with E-state index in [-0.39, 0.29) is 30.4 Å². The first-order valence-electron chi connectivity index (χ1n) is 11.0. The third-order valence-electron chi connectivity index (χ3n) is 5.28. The smallest absolute Gasteiger partial charge is 0.257 e. The maximum atomic E-state index is 14.3. The Morgan fingerprint density at radius 3 is 2.27 bits per heavy atom. The lowest BCUT2D eigenvalue weighted by Crippen LogP contribution is -2.43. The minimum Gasteiger partial charge on any atom is -0.332 e. The first-order valence-corrected chi connectivity index (χ1v) is 11.8. The van der Waals surface area contributed by atoms with E-state index in [9.17, 15) is 18.4 Å². The molecule has 0 fully saturated rings. The molecule has 0 bridgehead atoms. The number of carbonyl (C=O) groups is 2. The first-order chi connectivity index (χ1) is 15.9. The zero-order valence-electron chi connectivity index (χ0n) is 18.9. The SMILES string of the molecule is CCCCN(CC(=O)N(Cc1ccc(F)cc1)Cc1ccc(C)s1)C(=O)c1ccccc1F. The average molecular weight is 471 g/mol. The molecule has 0 saturated heterocycles. The molecular formula is C26H28F2N2O2S. The van der Waals surface area contributed by atoms with E-state index in [0.29, 0.717) is 19.5 Å². The minimum atomic E-state index is -0.603. The van der Waals surface area contributed by atoms with Gasteiger partial charge < -0.3 is 9.80 Å². The highest BCUT2D eigenvalue weighted by molar-refractivity contribution is 7.11. The molecule has 0 saturated carbocycles. The van der Waals surface area contributed by atoms with Crippen LogP contribution in [-0.4, -0.2) is 34.7 Å². The number of carbonyl (C=O) groups excluding carboxylic acids is 2. The number of rotatable bonds is 10. The quantitative estimate of drug-likeness (QED) is 0.375. The zero-order valence-corrected chi connectivity index (χ0v) is 19.7. The summed E-state index contributed by atoms with van der Waals surface area (Å²) in [5.74, 6) is -1.69. The fraction of sp³-hybridized carbons (Fsp3) is 0.308. The topological polar surface area (TPSA) is 40.6 Å². The molecule has 3 rings (SSSR count). The molecular weight excluding hydrogens is 442 g/mol. The van der Waals surface area contributed by atoms with Crippen LogP contribution in [-0.2, 0) is 17.9 Å². The van der Waals surface area contributed by atoms with Crippen LogP contribution >= 0.6 is 11.3 Å². The largest absolute Gasteiger partial charge is 0.332 e. The van der Waals surface area contributed by atoms with Gasteiger partial charge in [0.15, 0.2) is 0 Å². The van der Waals surface area contributed by atoms with Crippen molar-refractivity contribution in [2.75, 3.05) is 13.1 Å². The number of hydrogen-bond donors (Lipinski definition) is 0. The summed E-state index contributed by atoms with van der Waals surface area (Å²) in [6.07, 6.45) is 1.54. The van der Waals surface area contributed by atoms with Gasteiger partial charge in [0.05, 0.1) is 12.1 Å². The van der Waals surface area contributed by atoms with Crippen molar-refractivity contribution in [3.8, 4) is 0 Å². The Labute approximate surface area is 197 Å². The van der Waals surface area contributed by atoms with Crippen LogP contribution in [0.5, 0.6) is 0 Å². The van der Waals surface area contributed by atoms with E-state index >= 15 is 0 Å². The third kappa shape index (κ3) is 6.96. The summed E-state index contributed by atoms with van der Waals surface area (Å²) in [6.45, 7) is 4.86. The van der Waals surface area contributed by atoms with Crippen LogP contribution in [0.15, 0.2) is 60.7 Å². The average Bonchev–Trinajstić information content (AvgIpc) is 3.22. The van der Waals surface area contributed by atoms with Crippen molar-refractivity contribution in [3.05, 3.63) is 93.2 Å². The predicted molar refractivity (Wildman–Crippen MR) is 127 cm³/mol. The molecule has 3 aromatic rings. The van der Waals surface area contributed by atoms with Crippen molar-refractivity contribution in [2.45, 2.75) is 39.8 Å². The second-order valence-electron chi connectivity index (χ2n) is 7.95. The van der Waals surface area contributed by atoms with Gasteiger partial charge in [-0.3, -0.25) is 9.59 Å². The monoisotopic (exact) mass is 470 g/mol. The minimum absolute atomic E-state index is 0.0413. The Morgan fingerprint density at radius 2 is 1.64 bits per heavy atom. The molecule has 4 nitrogen and oxygen atoms in total. The first kappa shape index (κ1) is 24.6. The molecule has 0 aliphatic heterocycles. The summed E-state index contributed by atoms with van der Waals surface area (Å²) in [5, 5.41) is 0. The lowest BCUT2D eigenvalue weighted by Gasteiger charge is -2.28. The lowest BCUT2D eigenvalue weighted by molar-refractivity contribution is -0.133. The molecule has 7 heteroatoms. The number of aryl methyl sites for hydroxylation is 1. The normalized spacial score (nSPS) is 10.8. The van der Waals surface area contributed by atoms with E-state index in [0.717, 1.165) is 21.7 Å². The number of nitrogens with zero attached hydrogens (tertiary/aromatic N) is 2. The second-order valence-corrected chi connectivity index (χ2v) is 9.32. The number of benzene rings is 2. The fourth-order valence-corrected chi connectivity index (χ4v) is 4.38. The van der Waals surface area contributed by atoms with E-state index < -0.39 is 11.7 Å². The van der Waals surface area contributed by atoms with Crippen LogP contribution in [0.3, 0.4) is 0 Å². The van der Waals surface area contributed by atoms with Gasteiger partial charge >= 0.3 is 0 Å². The van der Waals surface area contributed by atoms with E-state index in [2.05, 4.69) is 0 Å². The van der Waals surface area contributed by atoms with Gasteiger partial charge in [0.25, 0.3) is 5.91 Å². The van der Waals surface area contributed by atoms with E-state index in [1.165, 1.54) is 35.2 Å². The molecule has 0 aliphatic rings. The van der Waals surface area contributed by atoms with Crippen LogP contribution < -0.4 is 0 Å². The molecule has 1 heterocycles. The standard InChI is InChI=1S/C26H28F2N2O2S/c1-3-4-15-29(26(32)23-7-5-6-8-24(23)28)18-25(31)30(17-22-14-9-19(2)33-22)16-20-10-12-21(27)13-11-20/h5-14H,3-4,15-18H2,1-2H3. The van der Waals surface area contributed by atoms with Crippen molar-refractivity contribution < 1.29 is 18.4 Å². The Morgan fingerprint density at radius 1 is 0.909 bits per heavy atom.